The third-order valence-corrected chi connectivity index (χ3v) is 9.29. The molecule has 0 aliphatic heterocycles. The van der Waals surface area contributed by atoms with Crippen molar-refractivity contribution < 1.29 is 4.74 Å². The molecule has 0 saturated heterocycles. The standard InChI is InChI=1S/C26H25OP/c1-27-21-15-12-19(13-16-21)25-18-20-14-17-24(25)26(20)28(22-8-4-2-5-9-22)23-10-6-3-7-11-23/h2-13,15-16,18,20,24,26H,14,17H2,1H3. The summed E-state index contributed by atoms with van der Waals surface area (Å²) in [7, 11) is 1.36. The van der Waals surface area contributed by atoms with E-state index in [-0.39, 0.29) is 7.92 Å². The van der Waals surface area contributed by atoms with E-state index >= 15 is 0 Å². The number of ether oxygens (including phenoxy) is 1. The second kappa shape index (κ2) is 7.57. The Morgan fingerprint density at radius 1 is 0.750 bits per heavy atom. The van der Waals surface area contributed by atoms with E-state index in [1.807, 2.05) is 0 Å². The summed E-state index contributed by atoms with van der Waals surface area (Å²) >= 11 is 0. The van der Waals surface area contributed by atoms with Crippen LogP contribution in [0, 0.1) is 11.8 Å². The van der Waals surface area contributed by atoms with E-state index in [0.717, 1.165) is 5.75 Å². The number of hydrogen-bond acceptors (Lipinski definition) is 1. The maximum absolute atomic E-state index is 5.35. The molecule has 140 valence electrons. The van der Waals surface area contributed by atoms with Gasteiger partial charge in [0.2, 0.25) is 0 Å². The molecule has 2 aliphatic carbocycles. The van der Waals surface area contributed by atoms with Crippen molar-refractivity contribution in [3.8, 4) is 5.75 Å². The molecule has 2 aliphatic rings. The number of rotatable bonds is 5. The van der Waals surface area contributed by atoms with E-state index in [4.69, 9.17) is 4.74 Å². The predicted molar refractivity (Wildman–Crippen MR) is 120 cm³/mol. The highest BCUT2D eigenvalue weighted by molar-refractivity contribution is 7.73. The molecular formula is C26H25OP. The smallest absolute Gasteiger partial charge is 0.118 e. The van der Waals surface area contributed by atoms with E-state index in [9.17, 15) is 0 Å². The van der Waals surface area contributed by atoms with E-state index < -0.39 is 0 Å². The van der Waals surface area contributed by atoms with Gasteiger partial charge in [0.15, 0.2) is 0 Å². The topological polar surface area (TPSA) is 9.23 Å². The third-order valence-electron chi connectivity index (χ3n) is 6.25. The minimum atomic E-state index is -0.371. The van der Waals surface area contributed by atoms with Crippen LogP contribution in [-0.2, 0) is 0 Å². The molecule has 0 spiro atoms. The highest BCUT2D eigenvalue weighted by Gasteiger charge is 2.47. The Morgan fingerprint density at radius 3 is 1.93 bits per heavy atom. The Balaban J connectivity index is 1.53. The third kappa shape index (κ3) is 3.09. The Kier molecular flexibility index (Phi) is 4.79. The number of allylic oxidation sites excluding steroid dienone is 2. The molecule has 2 heteroatoms. The molecule has 28 heavy (non-hydrogen) atoms. The fourth-order valence-corrected chi connectivity index (χ4v) is 8.28. The molecule has 1 saturated carbocycles. The number of hydrogen-bond donors (Lipinski definition) is 0. The summed E-state index contributed by atoms with van der Waals surface area (Å²) in [4.78, 5) is 0. The van der Waals surface area contributed by atoms with Crippen molar-refractivity contribution in [2.45, 2.75) is 18.5 Å². The molecule has 2 bridgehead atoms. The van der Waals surface area contributed by atoms with Crippen LogP contribution in [0.15, 0.2) is 91.0 Å². The van der Waals surface area contributed by atoms with Crippen LogP contribution in [0.2, 0.25) is 0 Å². The van der Waals surface area contributed by atoms with Crippen molar-refractivity contribution in [1.82, 2.24) is 0 Å². The molecule has 3 unspecified atom stereocenters. The first kappa shape index (κ1) is 17.7. The molecular weight excluding hydrogens is 359 g/mol. The van der Waals surface area contributed by atoms with Crippen molar-refractivity contribution >= 4 is 24.1 Å². The monoisotopic (exact) mass is 384 g/mol. The van der Waals surface area contributed by atoms with Crippen molar-refractivity contribution in [3.05, 3.63) is 96.6 Å². The predicted octanol–water partition coefficient (Wildman–Crippen LogP) is 5.62. The quantitative estimate of drug-likeness (QED) is 0.519. The first-order chi connectivity index (χ1) is 13.8. The maximum atomic E-state index is 5.35. The van der Waals surface area contributed by atoms with E-state index in [0.29, 0.717) is 17.5 Å². The van der Waals surface area contributed by atoms with Crippen molar-refractivity contribution in [2.24, 2.45) is 11.8 Å². The van der Waals surface area contributed by atoms with Crippen molar-refractivity contribution in [1.29, 1.82) is 0 Å². The maximum Gasteiger partial charge on any atom is 0.118 e. The van der Waals surface area contributed by atoms with Gasteiger partial charge in [0.1, 0.15) is 5.75 Å². The van der Waals surface area contributed by atoms with Crippen LogP contribution in [0.25, 0.3) is 5.57 Å². The summed E-state index contributed by atoms with van der Waals surface area (Å²) in [5, 5.41) is 3.02. The van der Waals surface area contributed by atoms with Gasteiger partial charge in [-0.2, -0.15) is 0 Å². The minimum Gasteiger partial charge on any atom is -0.497 e. The molecule has 3 atom stereocenters. The van der Waals surface area contributed by atoms with Gasteiger partial charge in [-0.05, 0) is 66.5 Å². The van der Waals surface area contributed by atoms with Gasteiger partial charge in [-0.3, -0.25) is 0 Å². The van der Waals surface area contributed by atoms with Crippen LogP contribution in [-0.4, -0.2) is 12.8 Å². The van der Waals surface area contributed by atoms with Crippen LogP contribution < -0.4 is 15.3 Å². The largest absolute Gasteiger partial charge is 0.497 e. The van der Waals surface area contributed by atoms with Gasteiger partial charge in [0.05, 0.1) is 7.11 Å². The number of fused-ring (bicyclic) bond motifs is 2. The second-order valence-electron chi connectivity index (χ2n) is 7.73. The van der Waals surface area contributed by atoms with Gasteiger partial charge in [-0.25, -0.2) is 0 Å². The average molecular weight is 384 g/mol. The zero-order valence-corrected chi connectivity index (χ0v) is 17.1. The molecule has 0 radical (unpaired) electrons. The van der Waals surface area contributed by atoms with Crippen LogP contribution >= 0.6 is 7.92 Å². The lowest BCUT2D eigenvalue weighted by molar-refractivity contribution is 0.415. The fraction of sp³-hybridized carbons (Fsp3) is 0.231. The van der Waals surface area contributed by atoms with Crippen molar-refractivity contribution in [2.75, 3.05) is 7.11 Å². The van der Waals surface area contributed by atoms with Crippen LogP contribution in [0.5, 0.6) is 5.75 Å². The number of benzene rings is 3. The SMILES string of the molecule is COc1ccc(C2=CC3CCC2C3P(c2ccccc2)c2ccccc2)cc1. The molecule has 0 aromatic heterocycles. The lowest BCUT2D eigenvalue weighted by Crippen LogP contribution is -2.26. The summed E-state index contributed by atoms with van der Waals surface area (Å²) in [6.45, 7) is 0. The highest BCUT2D eigenvalue weighted by Crippen LogP contribution is 2.60. The van der Waals surface area contributed by atoms with E-state index in [1.165, 1.54) is 29.0 Å². The van der Waals surface area contributed by atoms with Gasteiger partial charge in [0.25, 0.3) is 0 Å². The lowest BCUT2D eigenvalue weighted by Gasteiger charge is -2.30. The van der Waals surface area contributed by atoms with Crippen LogP contribution in [0.3, 0.4) is 0 Å². The molecule has 1 nitrogen and oxygen atoms in total. The molecule has 0 amide bonds. The van der Waals surface area contributed by atoms with E-state index in [1.54, 1.807) is 12.7 Å². The van der Waals surface area contributed by atoms with Gasteiger partial charge in [-0.1, -0.05) is 78.9 Å². The Hall–Kier alpha value is -2.37. The summed E-state index contributed by atoms with van der Waals surface area (Å²) in [6.07, 6.45) is 5.22. The average Bonchev–Trinajstić information content (AvgIpc) is 3.33. The van der Waals surface area contributed by atoms with Gasteiger partial charge in [-0.15, -0.1) is 0 Å². The van der Waals surface area contributed by atoms with Gasteiger partial charge >= 0.3 is 0 Å². The number of methoxy groups -OCH3 is 1. The first-order valence-electron chi connectivity index (χ1n) is 10.1. The minimum absolute atomic E-state index is 0.371. The fourth-order valence-electron chi connectivity index (χ4n) is 5.02. The Labute approximate surface area is 168 Å². The molecule has 3 aromatic rings. The lowest BCUT2D eigenvalue weighted by atomic mass is 9.92. The van der Waals surface area contributed by atoms with Crippen molar-refractivity contribution in [3.63, 3.8) is 0 Å². The Morgan fingerprint density at radius 2 is 1.36 bits per heavy atom. The second-order valence-corrected chi connectivity index (χ2v) is 10.1. The highest BCUT2D eigenvalue weighted by atomic mass is 31.1. The summed E-state index contributed by atoms with van der Waals surface area (Å²) < 4.78 is 5.35. The summed E-state index contributed by atoms with van der Waals surface area (Å²) in [5.74, 6) is 2.28. The molecule has 5 rings (SSSR count). The Bertz CT molecular complexity index is 923. The summed E-state index contributed by atoms with van der Waals surface area (Å²) in [5.41, 5.74) is 3.63. The zero-order chi connectivity index (χ0) is 18.9. The normalized spacial score (nSPS) is 23.1. The molecule has 1 fully saturated rings. The van der Waals surface area contributed by atoms with Crippen LogP contribution in [0.4, 0.5) is 0 Å². The molecule has 3 aromatic carbocycles. The molecule has 0 heterocycles. The zero-order valence-electron chi connectivity index (χ0n) is 16.2. The van der Waals surface area contributed by atoms with Gasteiger partial charge < -0.3 is 4.74 Å². The first-order valence-corrected chi connectivity index (χ1v) is 11.5. The summed E-state index contributed by atoms with van der Waals surface area (Å²) in [6, 6.07) is 31.0. The molecule has 0 N–H and O–H groups in total. The van der Waals surface area contributed by atoms with Gasteiger partial charge in [0, 0.05) is 5.66 Å². The van der Waals surface area contributed by atoms with Crippen LogP contribution in [0.1, 0.15) is 18.4 Å². The van der Waals surface area contributed by atoms with E-state index in [2.05, 4.69) is 91.0 Å².